The Morgan fingerprint density at radius 3 is 2.37 bits per heavy atom. The van der Waals surface area contributed by atoms with Crippen molar-refractivity contribution >= 4 is 18.7 Å². The largest absolute Gasteiger partial charge is 0.455 e. The highest BCUT2D eigenvalue weighted by molar-refractivity contribution is 6.43. The molecule has 1 aliphatic heterocycles. The number of hydrogen-bond donors (Lipinski definition) is 1. The van der Waals surface area contributed by atoms with E-state index in [4.69, 9.17) is 9.39 Å². The third-order valence-electron chi connectivity index (χ3n) is 6.69. The van der Waals surface area contributed by atoms with Gasteiger partial charge in [0.05, 0.1) is 12.7 Å². The first kappa shape index (κ1) is 19.4. The van der Waals surface area contributed by atoms with E-state index >= 15 is 0 Å². The molecule has 152 valence electrons. The number of ether oxygens (including phenoxy) is 1. The van der Waals surface area contributed by atoms with E-state index in [0.29, 0.717) is 30.5 Å². The van der Waals surface area contributed by atoms with Gasteiger partial charge >= 0.3 is 7.12 Å². The van der Waals surface area contributed by atoms with Crippen molar-refractivity contribution in [2.24, 2.45) is 17.8 Å². The van der Waals surface area contributed by atoms with E-state index in [9.17, 15) is 14.6 Å². The zero-order valence-corrected chi connectivity index (χ0v) is 16.8. The minimum absolute atomic E-state index is 0.00456. The van der Waals surface area contributed by atoms with Gasteiger partial charge in [0.1, 0.15) is 0 Å². The van der Waals surface area contributed by atoms with Gasteiger partial charge in [-0.25, -0.2) is 0 Å². The van der Waals surface area contributed by atoms with E-state index in [1.165, 1.54) is 0 Å². The quantitative estimate of drug-likeness (QED) is 0.629. The van der Waals surface area contributed by atoms with Crippen LogP contribution in [-0.4, -0.2) is 37.4 Å². The summed E-state index contributed by atoms with van der Waals surface area (Å²) in [4.78, 5) is 26.9. The molecule has 5 nitrogen and oxygen atoms in total. The van der Waals surface area contributed by atoms with E-state index < -0.39 is 25.1 Å². The van der Waals surface area contributed by atoms with E-state index in [1.54, 1.807) is 31.4 Å². The maximum atomic E-state index is 13.5. The Bertz CT molecular complexity index is 1030. The highest BCUT2D eigenvalue weighted by Gasteiger charge is 2.53. The molecule has 30 heavy (non-hydrogen) atoms. The fraction of sp³-hybridized carbons (Fsp3) is 0.333. The van der Waals surface area contributed by atoms with Gasteiger partial charge in [0.25, 0.3) is 0 Å². The summed E-state index contributed by atoms with van der Waals surface area (Å²) in [6.45, 7) is 0.376. The van der Waals surface area contributed by atoms with Crippen LogP contribution in [0.25, 0.3) is 0 Å². The van der Waals surface area contributed by atoms with Crippen molar-refractivity contribution in [2.45, 2.75) is 18.8 Å². The molecule has 2 aliphatic carbocycles. The number of ketones is 2. The maximum Gasteiger partial charge on any atom is 0.455 e. The molecule has 3 aliphatic rings. The molecule has 1 heterocycles. The van der Waals surface area contributed by atoms with Crippen molar-refractivity contribution < 1.29 is 24.0 Å². The number of fused-ring (bicyclic) bond motifs is 4. The predicted molar refractivity (Wildman–Crippen MR) is 112 cm³/mol. The maximum absolute atomic E-state index is 13.5. The van der Waals surface area contributed by atoms with Crippen molar-refractivity contribution in [1.82, 2.24) is 0 Å². The van der Waals surface area contributed by atoms with Gasteiger partial charge in [-0.15, -0.1) is 0 Å². The second kappa shape index (κ2) is 7.62. The number of carbonyl (C=O) groups excluding carboxylic acids is 2. The Hall–Kier alpha value is -2.54. The van der Waals surface area contributed by atoms with Crippen LogP contribution in [0, 0.1) is 17.8 Å². The first-order chi connectivity index (χ1) is 14.6. The van der Waals surface area contributed by atoms with E-state index in [0.717, 1.165) is 16.7 Å². The number of rotatable bonds is 3. The first-order valence-corrected chi connectivity index (χ1v) is 10.4. The number of benzene rings is 2. The molecule has 6 heteroatoms. The van der Waals surface area contributed by atoms with Crippen molar-refractivity contribution in [1.29, 1.82) is 0 Å². The smallest absolute Gasteiger partial charge is 0.427 e. The monoisotopic (exact) mass is 402 g/mol. The zero-order valence-electron chi connectivity index (χ0n) is 16.8. The first-order valence-electron chi connectivity index (χ1n) is 10.4. The topological polar surface area (TPSA) is 72.8 Å². The third kappa shape index (κ3) is 2.98. The molecular weight excluding hydrogens is 379 g/mol. The minimum atomic E-state index is -0.994. The lowest BCUT2D eigenvalue weighted by Crippen LogP contribution is -2.49. The average molecular weight is 402 g/mol. The second-order valence-corrected chi connectivity index (χ2v) is 8.33. The Morgan fingerprint density at radius 2 is 1.67 bits per heavy atom. The van der Waals surface area contributed by atoms with Gasteiger partial charge in [-0.2, -0.15) is 0 Å². The summed E-state index contributed by atoms with van der Waals surface area (Å²) in [5.41, 5.74) is 3.94. The molecule has 0 unspecified atom stereocenters. The molecule has 0 aromatic heterocycles. The molecule has 0 amide bonds. The molecule has 2 aromatic carbocycles. The van der Waals surface area contributed by atoms with Gasteiger partial charge in [-0.3, -0.25) is 9.59 Å². The summed E-state index contributed by atoms with van der Waals surface area (Å²) in [7, 11) is 0.639. The van der Waals surface area contributed by atoms with Crippen molar-refractivity contribution in [2.75, 3.05) is 13.7 Å². The number of methoxy groups -OCH3 is 1. The highest BCUT2D eigenvalue weighted by Crippen LogP contribution is 2.53. The molecule has 1 saturated heterocycles. The van der Waals surface area contributed by atoms with Gasteiger partial charge in [-0.1, -0.05) is 54.6 Å². The van der Waals surface area contributed by atoms with E-state index in [-0.39, 0.29) is 17.5 Å². The molecule has 0 saturated carbocycles. The molecule has 2 aromatic rings. The van der Waals surface area contributed by atoms with E-state index in [1.807, 2.05) is 30.3 Å². The average Bonchev–Trinajstić information content (AvgIpc) is 2.77. The number of Topliss-reactive ketones (excluding diaryl/α,β-unsaturated/α-hetero) is 2. The molecular formula is C24H23BO5. The summed E-state index contributed by atoms with van der Waals surface area (Å²) in [6, 6.07) is 16.8. The van der Waals surface area contributed by atoms with Crippen LogP contribution in [0.3, 0.4) is 0 Å². The van der Waals surface area contributed by atoms with Crippen LogP contribution in [0.1, 0.15) is 38.8 Å². The van der Waals surface area contributed by atoms with Crippen LogP contribution >= 0.6 is 0 Å². The summed E-state index contributed by atoms with van der Waals surface area (Å²) >= 11 is 0. The Balaban J connectivity index is 1.66. The fourth-order valence-electron chi connectivity index (χ4n) is 5.52. The second-order valence-electron chi connectivity index (χ2n) is 8.33. The SMILES string of the molecule is COCC1=C2[C@@H](c3ccccc3)OB(O)C[C@@H]2[C@@H]2C(=O)c3ccccc3C(=O)[C@@H]2C1. The summed E-state index contributed by atoms with van der Waals surface area (Å²) in [6.07, 6.45) is 0.325. The normalized spacial score (nSPS) is 28.1. The third-order valence-corrected chi connectivity index (χ3v) is 6.69. The van der Waals surface area contributed by atoms with Crippen LogP contribution in [0.4, 0.5) is 0 Å². The van der Waals surface area contributed by atoms with Crippen molar-refractivity contribution in [3.63, 3.8) is 0 Å². The van der Waals surface area contributed by atoms with Gasteiger partial charge in [-0.05, 0) is 35.4 Å². The van der Waals surface area contributed by atoms with Crippen LogP contribution in [-0.2, 0) is 9.39 Å². The Labute approximate surface area is 175 Å². The van der Waals surface area contributed by atoms with Crippen molar-refractivity contribution in [3.8, 4) is 0 Å². The standard InChI is InChI=1S/C24H23BO5/c1-29-13-15-11-18-21(23(27)17-10-6-5-9-16(17)22(18)26)19-12-25(28)30-24(20(15)19)14-7-3-2-4-8-14/h2-10,18-19,21,24,28H,11-13H2,1H3/t18-,19+,21-,24-/m1/s1. The molecule has 0 spiro atoms. The Kier molecular flexibility index (Phi) is 4.93. The lowest BCUT2D eigenvalue weighted by atomic mass is 9.54. The number of hydrogen-bond acceptors (Lipinski definition) is 5. The minimum Gasteiger partial charge on any atom is -0.427 e. The van der Waals surface area contributed by atoms with Crippen LogP contribution in [0.5, 0.6) is 0 Å². The molecule has 1 N–H and O–H groups in total. The molecule has 4 atom stereocenters. The summed E-state index contributed by atoms with van der Waals surface area (Å²) in [5, 5.41) is 10.6. The van der Waals surface area contributed by atoms with Crippen LogP contribution in [0.15, 0.2) is 65.7 Å². The van der Waals surface area contributed by atoms with Gasteiger partial charge in [0.2, 0.25) is 0 Å². The fourth-order valence-corrected chi connectivity index (χ4v) is 5.52. The highest BCUT2D eigenvalue weighted by atomic mass is 16.5. The predicted octanol–water partition coefficient (Wildman–Crippen LogP) is 3.51. The van der Waals surface area contributed by atoms with Crippen molar-refractivity contribution in [3.05, 3.63) is 82.4 Å². The molecule has 0 radical (unpaired) electrons. The number of carbonyl (C=O) groups is 2. The van der Waals surface area contributed by atoms with Gasteiger partial charge in [0.15, 0.2) is 11.6 Å². The van der Waals surface area contributed by atoms with E-state index in [2.05, 4.69) is 0 Å². The molecule has 0 bridgehead atoms. The van der Waals surface area contributed by atoms with Crippen LogP contribution < -0.4 is 0 Å². The Morgan fingerprint density at radius 1 is 1.00 bits per heavy atom. The van der Waals surface area contributed by atoms with Gasteiger partial charge < -0.3 is 14.4 Å². The zero-order chi connectivity index (χ0) is 20.8. The van der Waals surface area contributed by atoms with Crippen LogP contribution in [0.2, 0.25) is 6.32 Å². The molecule has 1 fully saturated rings. The van der Waals surface area contributed by atoms with Gasteiger partial charge in [0, 0.05) is 30.1 Å². The summed E-state index contributed by atoms with van der Waals surface area (Å²) in [5.74, 6) is -1.15. The lowest BCUT2D eigenvalue weighted by molar-refractivity contribution is 0.0589. The molecule has 5 rings (SSSR count). The summed E-state index contributed by atoms with van der Waals surface area (Å²) < 4.78 is 11.5. The lowest BCUT2D eigenvalue weighted by Gasteiger charge is -2.47.